The molecule has 0 bridgehead atoms. The lowest BCUT2D eigenvalue weighted by Crippen LogP contribution is -2.50. The number of anilines is 2. The van der Waals surface area contributed by atoms with E-state index >= 15 is 0 Å². The summed E-state index contributed by atoms with van der Waals surface area (Å²) in [5, 5.41) is 6.81. The number of piperazine rings is 1. The Morgan fingerprint density at radius 2 is 1.64 bits per heavy atom. The van der Waals surface area contributed by atoms with Gasteiger partial charge in [0.1, 0.15) is 0 Å². The summed E-state index contributed by atoms with van der Waals surface area (Å²) >= 11 is 0. The summed E-state index contributed by atoms with van der Waals surface area (Å²) in [6.07, 6.45) is 9.78. The van der Waals surface area contributed by atoms with E-state index in [1.54, 1.807) is 0 Å². The summed E-state index contributed by atoms with van der Waals surface area (Å²) in [5.41, 5.74) is 2.40. The van der Waals surface area contributed by atoms with Crippen LogP contribution in [0.1, 0.15) is 44.9 Å². The molecular formula is C21H36N4. The van der Waals surface area contributed by atoms with Gasteiger partial charge in [0.25, 0.3) is 0 Å². The molecule has 1 aromatic rings. The summed E-state index contributed by atoms with van der Waals surface area (Å²) in [6.45, 7) is 7.44. The van der Waals surface area contributed by atoms with Crippen molar-refractivity contribution in [3.05, 3.63) is 24.3 Å². The molecule has 1 aromatic carbocycles. The van der Waals surface area contributed by atoms with E-state index in [4.69, 9.17) is 0 Å². The van der Waals surface area contributed by atoms with Gasteiger partial charge in [-0.1, -0.05) is 31.4 Å². The predicted octanol–water partition coefficient (Wildman–Crippen LogP) is 3.87. The largest absolute Gasteiger partial charge is 0.386 e. The van der Waals surface area contributed by atoms with Gasteiger partial charge >= 0.3 is 0 Å². The Balaban J connectivity index is 1.27. The predicted molar refractivity (Wildman–Crippen MR) is 109 cm³/mol. The fraction of sp³-hybridized carbons (Fsp3) is 0.714. The number of hydrogen-bond acceptors (Lipinski definition) is 4. The van der Waals surface area contributed by atoms with Crippen LogP contribution < -0.4 is 10.6 Å². The molecule has 4 nitrogen and oxygen atoms in total. The number of benzene rings is 1. The average molecular weight is 345 g/mol. The quantitative estimate of drug-likeness (QED) is 0.701. The second kappa shape index (κ2) is 10.0. The molecule has 25 heavy (non-hydrogen) atoms. The number of rotatable bonds is 8. The molecule has 1 aliphatic heterocycles. The van der Waals surface area contributed by atoms with Gasteiger partial charge in [-0.2, -0.15) is 0 Å². The Morgan fingerprint density at radius 1 is 0.920 bits per heavy atom. The molecule has 0 aromatic heterocycles. The molecule has 2 N–H and O–H groups in total. The van der Waals surface area contributed by atoms with Crippen LogP contribution in [0.15, 0.2) is 24.3 Å². The first-order valence-electron chi connectivity index (χ1n) is 10.3. The van der Waals surface area contributed by atoms with Crippen molar-refractivity contribution in [2.24, 2.45) is 0 Å². The molecule has 1 saturated carbocycles. The number of nitrogens with zero attached hydrogens (tertiary/aromatic N) is 2. The molecule has 0 radical (unpaired) electrons. The highest BCUT2D eigenvalue weighted by Crippen LogP contribution is 2.23. The highest BCUT2D eigenvalue weighted by Gasteiger charge is 2.24. The van der Waals surface area contributed by atoms with Crippen molar-refractivity contribution in [1.29, 1.82) is 0 Å². The highest BCUT2D eigenvalue weighted by molar-refractivity contribution is 5.68. The number of hydrogen-bond donors (Lipinski definition) is 2. The topological polar surface area (TPSA) is 30.5 Å². The van der Waals surface area contributed by atoms with E-state index in [1.165, 1.54) is 89.0 Å². The minimum atomic E-state index is 0.896. The fourth-order valence-electron chi connectivity index (χ4n) is 4.34. The van der Waals surface area contributed by atoms with Crippen LogP contribution in [0.25, 0.3) is 0 Å². The van der Waals surface area contributed by atoms with E-state index in [2.05, 4.69) is 44.7 Å². The average Bonchev–Trinajstić information content (AvgIpc) is 2.69. The Labute approximate surface area is 154 Å². The lowest BCUT2D eigenvalue weighted by Gasteiger charge is -2.40. The maximum absolute atomic E-state index is 3.56. The van der Waals surface area contributed by atoms with Gasteiger partial charge < -0.3 is 15.5 Å². The van der Waals surface area contributed by atoms with Crippen molar-refractivity contribution in [1.82, 2.24) is 9.80 Å². The van der Waals surface area contributed by atoms with Crippen molar-refractivity contribution >= 4 is 11.4 Å². The summed E-state index contributed by atoms with van der Waals surface area (Å²) in [5.74, 6) is 0. The maximum Gasteiger partial charge on any atom is 0.0575 e. The lowest BCUT2D eigenvalue weighted by molar-refractivity contribution is 0.0783. The third-order valence-electron chi connectivity index (χ3n) is 5.91. The van der Waals surface area contributed by atoms with Crippen LogP contribution in [-0.2, 0) is 0 Å². The maximum atomic E-state index is 3.56. The SMILES string of the molecule is CNc1ccccc1NCCCCN1CCN(C2CCCCC2)CC1. The molecular weight excluding hydrogens is 308 g/mol. The van der Waals surface area contributed by atoms with E-state index in [-0.39, 0.29) is 0 Å². The molecule has 1 aliphatic carbocycles. The normalized spacial score (nSPS) is 20.5. The Morgan fingerprint density at radius 3 is 2.36 bits per heavy atom. The Bertz CT molecular complexity index is 490. The number of para-hydroxylation sites is 2. The molecule has 1 saturated heterocycles. The van der Waals surface area contributed by atoms with Crippen molar-refractivity contribution in [2.75, 3.05) is 56.9 Å². The van der Waals surface area contributed by atoms with Gasteiger partial charge in [0, 0.05) is 45.8 Å². The molecule has 0 atom stereocenters. The van der Waals surface area contributed by atoms with Gasteiger partial charge in [0.2, 0.25) is 0 Å². The van der Waals surface area contributed by atoms with Gasteiger partial charge in [-0.3, -0.25) is 4.90 Å². The second-order valence-electron chi connectivity index (χ2n) is 7.60. The first-order valence-corrected chi connectivity index (χ1v) is 10.3. The lowest BCUT2D eigenvalue weighted by atomic mass is 9.94. The molecule has 0 amide bonds. The fourth-order valence-corrected chi connectivity index (χ4v) is 4.34. The van der Waals surface area contributed by atoms with Gasteiger partial charge in [0.05, 0.1) is 11.4 Å². The first-order chi connectivity index (χ1) is 12.4. The zero-order valence-corrected chi connectivity index (χ0v) is 16.0. The standard InChI is InChI=1S/C21H36N4/c1-22-20-11-5-6-12-21(20)23-13-7-8-14-24-15-17-25(18-16-24)19-9-3-2-4-10-19/h5-6,11-12,19,22-23H,2-4,7-10,13-18H2,1H3. The second-order valence-corrected chi connectivity index (χ2v) is 7.60. The van der Waals surface area contributed by atoms with Crippen molar-refractivity contribution < 1.29 is 0 Å². The van der Waals surface area contributed by atoms with Gasteiger partial charge in [-0.05, 0) is 44.4 Å². The van der Waals surface area contributed by atoms with Gasteiger partial charge in [-0.25, -0.2) is 0 Å². The third-order valence-corrected chi connectivity index (χ3v) is 5.91. The van der Waals surface area contributed by atoms with Crippen LogP contribution in [0, 0.1) is 0 Å². The molecule has 4 heteroatoms. The number of unbranched alkanes of at least 4 members (excludes halogenated alkanes) is 1. The zero-order valence-electron chi connectivity index (χ0n) is 16.0. The summed E-state index contributed by atoms with van der Waals surface area (Å²) in [7, 11) is 1.98. The van der Waals surface area contributed by atoms with Crippen molar-refractivity contribution in [3.63, 3.8) is 0 Å². The smallest absolute Gasteiger partial charge is 0.0575 e. The van der Waals surface area contributed by atoms with Crippen LogP contribution in [0.2, 0.25) is 0 Å². The minimum absolute atomic E-state index is 0.896. The minimum Gasteiger partial charge on any atom is -0.386 e. The van der Waals surface area contributed by atoms with Crippen LogP contribution >= 0.6 is 0 Å². The zero-order chi connectivity index (χ0) is 17.3. The van der Waals surface area contributed by atoms with E-state index in [9.17, 15) is 0 Å². The summed E-state index contributed by atoms with van der Waals surface area (Å²) in [6, 6.07) is 9.33. The summed E-state index contributed by atoms with van der Waals surface area (Å²) in [4.78, 5) is 5.44. The highest BCUT2D eigenvalue weighted by atomic mass is 15.3. The van der Waals surface area contributed by atoms with Gasteiger partial charge in [-0.15, -0.1) is 0 Å². The molecule has 3 rings (SSSR count). The van der Waals surface area contributed by atoms with Crippen molar-refractivity contribution in [3.8, 4) is 0 Å². The summed E-state index contributed by atoms with van der Waals surface area (Å²) < 4.78 is 0. The monoisotopic (exact) mass is 344 g/mol. The molecule has 0 unspecified atom stereocenters. The van der Waals surface area contributed by atoms with Crippen LogP contribution in [0.4, 0.5) is 11.4 Å². The molecule has 140 valence electrons. The van der Waals surface area contributed by atoms with E-state index in [0.717, 1.165) is 12.6 Å². The van der Waals surface area contributed by atoms with Crippen LogP contribution in [0.3, 0.4) is 0 Å². The molecule has 2 aliphatic rings. The van der Waals surface area contributed by atoms with Gasteiger partial charge in [0.15, 0.2) is 0 Å². The van der Waals surface area contributed by atoms with Crippen LogP contribution in [0.5, 0.6) is 0 Å². The van der Waals surface area contributed by atoms with E-state index < -0.39 is 0 Å². The van der Waals surface area contributed by atoms with E-state index in [1.807, 2.05) is 7.05 Å². The molecule has 0 spiro atoms. The first kappa shape index (κ1) is 18.5. The molecule has 2 fully saturated rings. The van der Waals surface area contributed by atoms with Crippen molar-refractivity contribution in [2.45, 2.75) is 51.0 Å². The Kier molecular flexibility index (Phi) is 7.43. The van der Waals surface area contributed by atoms with E-state index in [0.29, 0.717) is 0 Å². The third kappa shape index (κ3) is 5.61. The Hall–Kier alpha value is -1.26. The molecule has 1 heterocycles. The number of nitrogens with one attached hydrogen (secondary N) is 2. The van der Waals surface area contributed by atoms with Crippen LogP contribution in [-0.4, -0.2) is 62.2 Å².